The zero-order valence-electron chi connectivity index (χ0n) is 7.09. The first-order valence-corrected chi connectivity index (χ1v) is 6.75. The fraction of sp³-hybridized carbons (Fsp3) is 0.833. The van der Waals surface area contributed by atoms with Gasteiger partial charge in [-0.25, -0.2) is 0 Å². The summed E-state index contributed by atoms with van der Waals surface area (Å²) in [5.41, 5.74) is 5.22. The van der Waals surface area contributed by atoms with Crippen LogP contribution in [0.1, 0.15) is 19.3 Å². The Labute approximate surface area is 81.7 Å². The molecule has 0 aromatic carbocycles. The van der Waals surface area contributed by atoms with E-state index in [1.54, 1.807) is 0 Å². The maximum atomic E-state index is 10.3. The van der Waals surface area contributed by atoms with Gasteiger partial charge in [0.25, 0.3) is 0 Å². The Bertz CT molecular complexity index is 217. The van der Waals surface area contributed by atoms with Crippen molar-refractivity contribution in [3.05, 3.63) is 0 Å². The molecular weight excluding hydrogens is 213 g/mol. The van der Waals surface area contributed by atoms with E-state index in [9.17, 15) is 4.79 Å². The Hall–Kier alpha value is 0. The lowest BCUT2D eigenvalue weighted by molar-refractivity contribution is -0.138. The van der Waals surface area contributed by atoms with Crippen LogP contribution >= 0.6 is 6.49 Å². The van der Waals surface area contributed by atoms with Gasteiger partial charge in [-0.2, -0.15) is 0 Å². The molecule has 0 spiro atoms. The van der Waals surface area contributed by atoms with Crippen LogP contribution in [0.2, 0.25) is 0 Å². The molecule has 0 aliphatic carbocycles. The van der Waals surface area contributed by atoms with Gasteiger partial charge in [-0.1, -0.05) is 6.42 Å². The van der Waals surface area contributed by atoms with Crippen molar-refractivity contribution in [2.75, 3.05) is 6.16 Å². The van der Waals surface area contributed by atoms with Crippen molar-refractivity contribution in [1.29, 1.82) is 0 Å². The molecule has 0 heterocycles. The highest BCUT2D eigenvalue weighted by atomic mass is 32.5. The Morgan fingerprint density at radius 1 is 1.46 bits per heavy atom. The summed E-state index contributed by atoms with van der Waals surface area (Å²) in [4.78, 5) is 27.9. The van der Waals surface area contributed by atoms with E-state index in [0.717, 1.165) is 0 Å². The molecule has 0 saturated carbocycles. The number of aliphatic carboxylic acids is 1. The van der Waals surface area contributed by atoms with E-state index in [-0.39, 0.29) is 6.16 Å². The lowest BCUT2D eigenvalue weighted by Crippen LogP contribution is -2.29. The third kappa shape index (κ3) is 8.33. The number of hydrogen-bond donors (Lipinski definition) is 4. The van der Waals surface area contributed by atoms with Gasteiger partial charge in [-0.15, -0.1) is 0 Å². The van der Waals surface area contributed by atoms with Gasteiger partial charge in [0, 0.05) is 6.16 Å². The van der Waals surface area contributed by atoms with Crippen LogP contribution in [0.4, 0.5) is 0 Å². The van der Waals surface area contributed by atoms with Gasteiger partial charge >= 0.3 is 5.97 Å². The summed E-state index contributed by atoms with van der Waals surface area (Å²) in [6.45, 7) is -3.10. The SMILES string of the molecule is NC(CCCCP(O)(O)=S)C(=O)O. The van der Waals surface area contributed by atoms with E-state index in [0.29, 0.717) is 19.3 Å². The highest BCUT2D eigenvalue weighted by Gasteiger charge is 2.12. The largest absolute Gasteiger partial charge is 0.480 e. The summed E-state index contributed by atoms with van der Waals surface area (Å²) in [6, 6.07) is -0.866. The molecule has 5 nitrogen and oxygen atoms in total. The minimum atomic E-state index is -3.10. The summed E-state index contributed by atoms with van der Waals surface area (Å²) in [5, 5.41) is 8.40. The highest BCUT2D eigenvalue weighted by molar-refractivity contribution is 8.09. The van der Waals surface area contributed by atoms with Gasteiger partial charge in [0.15, 0.2) is 6.49 Å². The van der Waals surface area contributed by atoms with Crippen LogP contribution in [0.3, 0.4) is 0 Å². The van der Waals surface area contributed by atoms with Gasteiger partial charge in [-0.3, -0.25) is 4.79 Å². The van der Waals surface area contributed by atoms with Crippen molar-refractivity contribution in [2.45, 2.75) is 25.3 Å². The number of hydrogen-bond acceptors (Lipinski definition) is 3. The molecule has 0 bridgehead atoms. The second kappa shape index (κ2) is 5.67. The predicted octanol–water partition coefficient (Wildman–Crippen LogP) is -0.137. The maximum absolute atomic E-state index is 10.3. The predicted molar refractivity (Wildman–Crippen MR) is 53.1 cm³/mol. The first kappa shape index (κ1) is 13.0. The molecule has 0 aromatic rings. The molecule has 0 aliphatic heterocycles. The van der Waals surface area contributed by atoms with E-state index >= 15 is 0 Å². The molecule has 0 radical (unpaired) electrons. The van der Waals surface area contributed by atoms with E-state index in [1.807, 2.05) is 0 Å². The maximum Gasteiger partial charge on any atom is 0.320 e. The first-order valence-electron chi connectivity index (χ1n) is 3.86. The molecule has 0 fully saturated rings. The number of carboxylic acids is 1. The molecule has 5 N–H and O–H groups in total. The van der Waals surface area contributed by atoms with E-state index in [1.165, 1.54) is 0 Å². The Kier molecular flexibility index (Phi) is 5.67. The van der Waals surface area contributed by atoms with E-state index < -0.39 is 18.5 Å². The normalized spacial score (nSPS) is 14.1. The standard InChI is InChI=1S/C6H14NO4PS/c7-5(6(8)9)3-1-2-4-12(10,11)13/h5H,1-4,7H2,(H,8,9)(H2,10,11,13). The Morgan fingerprint density at radius 2 is 2.00 bits per heavy atom. The van der Waals surface area contributed by atoms with Crippen molar-refractivity contribution in [3.63, 3.8) is 0 Å². The molecule has 0 saturated heterocycles. The monoisotopic (exact) mass is 227 g/mol. The molecular formula is C6H14NO4PS. The van der Waals surface area contributed by atoms with Crippen LogP contribution in [0, 0.1) is 0 Å². The van der Waals surface area contributed by atoms with Crippen LogP contribution < -0.4 is 5.73 Å². The fourth-order valence-corrected chi connectivity index (χ4v) is 1.83. The van der Waals surface area contributed by atoms with Crippen molar-refractivity contribution in [1.82, 2.24) is 0 Å². The van der Waals surface area contributed by atoms with Crippen LogP contribution in [-0.2, 0) is 16.6 Å². The zero-order chi connectivity index (χ0) is 10.5. The smallest absolute Gasteiger partial charge is 0.320 e. The van der Waals surface area contributed by atoms with Gasteiger partial charge in [0.2, 0.25) is 0 Å². The molecule has 1 unspecified atom stereocenters. The number of carbonyl (C=O) groups is 1. The van der Waals surface area contributed by atoms with Crippen molar-refractivity contribution < 1.29 is 19.7 Å². The van der Waals surface area contributed by atoms with Crippen molar-refractivity contribution in [2.24, 2.45) is 5.73 Å². The third-order valence-electron chi connectivity index (χ3n) is 1.53. The molecule has 0 aliphatic rings. The quantitative estimate of drug-likeness (QED) is 0.372. The van der Waals surface area contributed by atoms with E-state index in [4.69, 9.17) is 20.6 Å². The topological polar surface area (TPSA) is 104 Å². The van der Waals surface area contributed by atoms with Crippen molar-refractivity contribution >= 4 is 24.3 Å². The van der Waals surface area contributed by atoms with Crippen LogP contribution in [0.5, 0.6) is 0 Å². The van der Waals surface area contributed by atoms with Gasteiger partial charge in [-0.05, 0) is 24.6 Å². The number of rotatable bonds is 6. The number of carboxylic acid groups (broad SMARTS) is 1. The molecule has 13 heavy (non-hydrogen) atoms. The van der Waals surface area contributed by atoms with Crippen LogP contribution in [0.25, 0.3) is 0 Å². The molecule has 0 amide bonds. The molecule has 0 aromatic heterocycles. The summed E-state index contributed by atoms with van der Waals surface area (Å²) in [7, 11) is 0. The van der Waals surface area contributed by atoms with Gasteiger partial charge in [0.05, 0.1) is 0 Å². The Morgan fingerprint density at radius 3 is 2.38 bits per heavy atom. The minimum Gasteiger partial charge on any atom is -0.480 e. The average Bonchev–Trinajstić information content (AvgIpc) is 1.95. The molecule has 0 rings (SSSR count). The number of unbranched alkanes of at least 4 members (excludes halogenated alkanes) is 1. The summed E-state index contributed by atoms with van der Waals surface area (Å²) in [6.07, 6.45) is 1.55. The van der Waals surface area contributed by atoms with Gasteiger partial charge < -0.3 is 20.6 Å². The molecule has 1 atom stereocenters. The van der Waals surface area contributed by atoms with Crippen molar-refractivity contribution in [3.8, 4) is 0 Å². The first-order chi connectivity index (χ1) is 5.83. The van der Waals surface area contributed by atoms with E-state index in [2.05, 4.69) is 11.8 Å². The fourth-order valence-electron chi connectivity index (χ4n) is 0.806. The zero-order valence-corrected chi connectivity index (χ0v) is 8.80. The molecule has 7 heteroatoms. The highest BCUT2D eigenvalue weighted by Crippen LogP contribution is 2.35. The summed E-state index contributed by atoms with van der Waals surface area (Å²) >= 11 is 4.39. The Balaban J connectivity index is 3.47. The van der Waals surface area contributed by atoms with Gasteiger partial charge in [0.1, 0.15) is 6.04 Å². The lowest BCUT2D eigenvalue weighted by Gasteiger charge is -2.08. The number of nitrogens with two attached hydrogens (primary N) is 1. The third-order valence-corrected chi connectivity index (χ3v) is 2.98. The second-order valence-corrected chi connectivity index (χ2v) is 6.36. The summed E-state index contributed by atoms with van der Waals surface area (Å²) < 4.78 is 0. The second-order valence-electron chi connectivity index (χ2n) is 2.83. The van der Waals surface area contributed by atoms with Crippen LogP contribution in [0.15, 0.2) is 0 Å². The average molecular weight is 227 g/mol. The summed E-state index contributed by atoms with van der Waals surface area (Å²) in [5.74, 6) is -1.03. The van der Waals surface area contributed by atoms with Crippen LogP contribution in [-0.4, -0.2) is 33.1 Å². The lowest BCUT2D eigenvalue weighted by atomic mass is 10.1. The molecule has 78 valence electrons. The minimum absolute atomic E-state index is 0.161.